The first-order chi connectivity index (χ1) is 14.3. The molecule has 4 rings (SSSR count). The van der Waals surface area contributed by atoms with Crippen LogP contribution in [0.2, 0.25) is 5.15 Å². The zero-order chi connectivity index (χ0) is 21.3. The van der Waals surface area contributed by atoms with Gasteiger partial charge in [-0.1, -0.05) is 29.8 Å². The van der Waals surface area contributed by atoms with Crippen LogP contribution in [0, 0.1) is 6.92 Å². The van der Waals surface area contributed by atoms with Crippen molar-refractivity contribution in [1.29, 1.82) is 0 Å². The highest BCUT2D eigenvalue weighted by atomic mass is 35.5. The monoisotopic (exact) mass is 443 g/mol. The Kier molecular flexibility index (Phi) is 5.29. The molecule has 0 aliphatic heterocycles. The number of halogens is 1. The number of H-pyrrole nitrogens is 1. The SMILES string of the molecule is Cc1cnc(Nc2ccc3c(Cl)n[nH]c3c2)nc1Nc1ccccc1CS(N)(=O)=O. The number of aryl methyl sites for hydroxylation is 1. The maximum atomic E-state index is 11.5. The van der Waals surface area contributed by atoms with Crippen molar-refractivity contribution in [2.75, 3.05) is 10.6 Å². The summed E-state index contributed by atoms with van der Waals surface area (Å²) in [5.74, 6) is 0.634. The number of benzene rings is 2. The van der Waals surface area contributed by atoms with Crippen molar-refractivity contribution >= 4 is 55.7 Å². The van der Waals surface area contributed by atoms with E-state index >= 15 is 0 Å². The Balaban J connectivity index is 1.61. The van der Waals surface area contributed by atoms with Gasteiger partial charge < -0.3 is 10.6 Å². The Morgan fingerprint density at radius 2 is 1.97 bits per heavy atom. The lowest BCUT2D eigenvalue weighted by atomic mass is 10.2. The second kappa shape index (κ2) is 7.90. The van der Waals surface area contributed by atoms with Gasteiger partial charge in [0.05, 0.1) is 11.3 Å². The van der Waals surface area contributed by atoms with Crippen molar-refractivity contribution < 1.29 is 8.42 Å². The van der Waals surface area contributed by atoms with Gasteiger partial charge in [0.25, 0.3) is 0 Å². The van der Waals surface area contributed by atoms with E-state index in [1.54, 1.807) is 30.5 Å². The van der Waals surface area contributed by atoms with E-state index in [0.717, 1.165) is 22.2 Å². The molecule has 9 nitrogen and oxygen atoms in total. The van der Waals surface area contributed by atoms with Crippen molar-refractivity contribution in [1.82, 2.24) is 20.2 Å². The van der Waals surface area contributed by atoms with Crippen LogP contribution in [0.5, 0.6) is 0 Å². The predicted octanol–water partition coefficient (Wildman–Crippen LogP) is 3.59. The second-order valence-corrected chi connectivity index (χ2v) is 8.69. The molecule has 2 heterocycles. The number of para-hydroxylation sites is 1. The van der Waals surface area contributed by atoms with Crippen LogP contribution >= 0.6 is 11.6 Å². The minimum Gasteiger partial charge on any atom is -0.340 e. The zero-order valence-electron chi connectivity index (χ0n) is 15.8. The topological polar surface area (TPSA) is 139 Å². The molecule has 2 aromatic carbocycles. The van der Waals surface area contributed by atoms with E-state index in [2.05, 4.69) is 30.8 Å². The highest BCUT2D eigenvalue weighted by molar-refractivity contribution is 7.88. The van der Waals surface area contributed by atoms with Crippen LogP contribution in [-0.2, 0) is 15.8 Å². The predicted molar refractivity (Wildman–Crippen MR) is 118 cm³/mol. The van der Waals surface area contributed by atoms with Crippen LogP contribution in [0.3, 0.4) is 0 Å². The first kappa shape index (κ1) is 20.1. The van der Waals surface area contributed by atoms with Gasteiger partial charge in [-0.3, -0.25) is 5.10 Å². The lowest BCUT2D eigenvalue weighted by Gasteiger charge is -2.14. The van der Waals surface area contributed by atoms with Crippen LogP contribution in [0.4, 0.5) is 23.1 Å². The summed E-state index contributed by atoms with van der Waals surface area (Å²) in [6.07, 6.45) is 1.67. The number of aromatic amines is 1. The molecule has 4 aromatic rings. The minimum atomic E-state index is -3.67. The van der Waals surface area contributed by atoms with Gasteiger partial charge in [-0.25, -0.2) is 18.5 Å². The Hall–Kier alpha value is -3.21. The van der Waals surface area contributed by atoms with Crippen LogP contribution in [0.25, 0.3) is 10.9 Å². The molecule has 30 heavy (non-hydrogen) atoms. The number of hydrogen-bond acceptors (Lipinski definition) is 7. The second-order valence-electron chi connectivity index (χ2n) is 6.71. The summed E-state index contributed by atoms with van der Waals surface area (Å²) in [4.78, 5) is 8.83. The smallest absolute Gasteiger partial charge is 0.229 e. The van der Waals surface area contributed by atoms with Crippen LogP contribution in [-0.4, -0.2) is 28.6 Å². The third kappa shape index (κ3) is 4.51. The molecule has 11 heteroatoms. The Morgan fingerprint density at radius 1 is 1.17 bits per heavy atom. The number of nitrogens with zero attached hydrogens (tertiary/aromatic N) is 3. The third-order valence-electron chi connectivity index (χ3n) is 4.37. The van der Waals surface area contributed by atoms with Gasteiger partial charge in [-0.2, -0.15) is 10.1 Å². The van der Waals surface area contributed by atoms with E-state index in [0.29, 0.717) is 28.2 Å². The van der Waals surface area contributed by atoms with E-state index < -0.39 is 10.0 Å². The summed E-state index contributed by atoms with van der Waals surface area (Å²) in [6, 6.07) is 12.6. The van der Waals surface area contributed by atoms with Crippen LogP contribution in [0.15, 0.2) is 48.7 Å². The summed E-state index contributed by atoms with van der Waals surface area (Å²) in [7, 11) is -3.67. The number of nitrogens with one attached hydrogen (secondary N) is 3. The summed E-state index contributed by atoms with van der Waals surface area (Å²) >= 11 is 6.01. The lowest BCUT2D eigenvalue weighted by Crippen LogP contribution is -2.15. The molecule has 0 fully saturated rings. The van der Waals surface area contributed by atoms with Crippen LogP contribution in [0.1, 0.15) is 11.1 Å². The molecule has 0 atom stereocenters. The molecule has 0 aliphatic rings. The van der Waals surface area contributed by atoms with Gasteiger partial charge in [-0.05, 0) is 36.8 Å². The van der Waals surface area contributed by atoms with Crippen molar-refractivity contribution in [3.8, 4) is 0 Å². The van der Waals surface area contributed by atoms with Crippen molar-refractivity contribution in [2.24, 2.45) is 5.14 Å². The van der Waals surface area contributed by atoms with E-state index in [1.165, 1.54) is 0 Å². The Labute approximate surface area is 177 Å². The number of sulfonamides is 1. The summed E-state index contributed by atoms with van der Waals surface area (Å²) in [5.41, 5.74) is 3.49. The highest BCUT2D eigenvalue weighted by Gasteiger charge is 2.12. The van der Waals surface area contributed by atoms with E-state index in [9.17, 15) is 8.42 Å². The average molecular weight is 444 g/mol. The fourth-order valence-electron chi connectivity index (χ4n) is 2.93. The summed E-state index contributed by atoms with van der Waals surface area (Å²) < 4.78 is 23.0. The molecule has 2 aromatic heterocycles. The lowest BCUT2D eigenvalue weighted by molar-refractivity contribution is 0.597. The number of hydrogen-bond donors (Lipinski definition) is 4. The molecule has 154 valence electrons. The van der Waals surface area contributed by atoms with Gasteiger partial charge in [-0.15, -0.1) is 0 Å². The normalized spacial score (nSPS) is 11.6. The molecule has 0 bridgehead atoms. The van der Waals surface area contributed by atoms with Gasteiger partial charge >= 0.3 is 0 Å². The standard InChI is InChI=1S/C19H18ClN7O2S/c1-11-9-22-19(23-13-6-7-14-16(8-13)26-27-17(14)20)25-18(11)24-15-5-3-2-4-12(15)10-30(21,28)29/h2-9H,10H2,1H3,(H,26,27)(H2,21,28,29)(H2,22,23,24,25). The zero-order valence-corrected chi connectivity index (χ0v) is 17.4. The van der Waals surface area contributed by atoms with Crippen molar-refractivity contribution in [2.45, 2.75) is 12.7 Å². The summed E-state index contributed by atoms with van der Waals surface area (Å²) in [5, 5.41) is 19.6. The van der Waals surface area contributed by atoms with Crippen molar-refractivity contribution in [3.05, 3.63) is 64.9 Å². The molecule has 0 spiro atoms. The number of primary sulfonamides is 1. The fourth-order valence-corrected chi connectivity index (χ4v) is 3.83. The molecular formula is C19H18ClN7O2S. The highest BCUT2D eigenvalue weighted by Crippen LogP contribution is 2.26. The number of nitrogens with two attached hydrogens (primary N) is 1. The Bertz CT molecular complexity index is 1340. The summed E-state index contributed by atoms with van der Waals surface area (Å²) in [6.45, 7) is 1.85. The van der Waals surface area contributed by atoms with Gasteiger partial charge in [0, 0.05) is 28.5 Å². The van der Waals surface area contributed by atoms with Gasteiger partial charge in [0.2, 0.25) is 16.0 Å². The van der Waals surface area contributed by atoms with E-state index in [4.69, 9.17) is 16.7 Å². The Morgan fingerprint density at radius 3 is 2.77 bits per heavy atom. The minimum absolute atomic E-state index is 0.280. The van der Waals surface area contributed by atoms with Crippen LogP contribution < -0.4 is 15.8 Å². The van der Waals surface area contributed by atoms with E-state index in [1.807, 2.05) is 25.1 Å². The largest absolute Gasteiger partial charge is 0.340 e. The quantitative estimate of drug-likeness (QED) is 0.357. The first-order valence-corrected chi connectivity index (χ1v) is 11.0. The maximum absolute atomic E-state index is 11.5. The average Bonchev–Trinajstić information content (AvgIpc) is 3.05. The number of anilines is 4. The molecule has 0 saturated carbocycles. The number of aromatic nitrogens is 4. The molecule has 0 radical (unpaired) electrons. The molecule has 5 N–H and O–H groups in total. The van der Waals surface area contributed by atoms with Gasteiger partial charge in [0.1, 0.15) is 5.82 Å². The van der Waals surface area contributed by atoms with Crippen molar-refractivity contribution in [3.63, 3.8) is 0 Å². The van der Waals surface area contributed by atoms with Gasteiger partial charge in [0.15, 0.2) is 5.15 Å². The number of rotatable bonds is 6. The fraction of sp³-hybridized carbons (Fsp3) is 0.105. The number of fused-ring (bicyclic) bond motifs is 1. The first-order valence-electron chi connectivity index (χ1n) is 8.88. The molecule has 0 aliphatic carbocycles. The molecule has 0 unspecified atom stereocenters. The molecular weight excluding hydrogens is 426 g/mol. The van der Waals surface area contributed by atoms with E-state index in [-0.39, 0.29) is 5.75 Å². The maximum Gasteiger partial charge on any atom is 0.229 e. The third-order valence-corrected chi connectivity index (χ3v) is 5.37. The molecule has 0 amide bonds. The molecule has 0 saturated heterocycles.